The highest BCUT2D eigenvalue weighted by Gasteiger charge is 2.07. The SMILES string of the molecule is CNNC(=O)c1ccccc1O. The highest BCUT2D eigenvalue weighted by molar-refractivity contribution is 5.96. The van der Waals surface area contributed by atoms with Crippen molar-refractivity contribution in [3.8, 4) is 5.75 Å². The normalized spacial score (nSPS) is 9.42. The molecule has 0 atom stereocenters. The van der Waals surface area contributed by atoms with Crippen LogP contribution in [0.3, 0.4) is 0 Å². The Balaban J connectivity index is 2.87. The lowest BCUT2D eigenvalue weighted by molar-refractivity contribution is 0.0935. The Hall–Kier alpha value is -1.55. The zero-order chi connectivity index (χ0) is 8.97. The van der Waals surface area contributed by atoms with Crippen molar-refractivity contribution in [1.82, 2.24) is 10.9 Å². The minimum atomic E-state index is -0.351. The zero-order valence-corrected chi connectivity index (χ0v) is 6.66. The quantitative estimate of drug-likeness (QED) is 0.552. The van der Waals surface area contributed by atoms with E-state index >= 15 is 0 Å². The largest absolute Gasteiger partial charge is 0.507 e. The second-order valence-corrected chi connectivity index (χ2v) is 2.22. The van der Waals surface area contributed by atoms with Crippen LogP contribution in [0.15, 0.2) is 24.3 Å². The van der Waals surface area contributed by atoms with E-state index in [-0.39, 0.29) is 17.2 Å². The molecular formula is C8H10N2O2. The van der Waals surface area contributed by atoms with Gasteiger partial charge in [0.05, 0.1) is 5.56 Å². The van der Waals surface area contributed by atoms with Crippen molar-refractivity contribution < 1.29 is 9.90 Å². The monoisotopic (exact) mass is 166 g/mol. The standard InChI is InChI=1S/C8H10N2O2/c1-9-10-8(12)6-4-2-3-5-7(6)11/h2-5,9,11H,1H3,(H,10,12). The number of hydrazine groups is 1. The van der Waals surface area contributed by atoms with Crippen molar-refractivity contribution >= 4 is 5.91 Å². The van der Waals surface area contributed by atoms with Crippen molar-refractivity contribution in [3.05, 3.63) is 29.8 Å². The molecule has 0 aliphatic carbocycles. The van der Waals surface area contributed by atoms with Gasteiger partial charge in [0.2, 0.25) is 0 Å². The Labute approximate surface area is 70.2 Å². The molecular weight excluding hydrogens is 156 g/mol. The topological polar surface area (TPSA) is 61.4 Å². The molecule has 1 aromatic rings. The van der Waals surface area contributed by atoms with Crippen molar-refractivity contribution in [2.75, 3.05) is 7.05 Å². The number of amides is 1. The lowest BCUT2D eigenvalue weighted by Gasteiger charge is -2.03. The number of nitrogens with one attached hydrogen (secondary N) is 2. The first-order chi connectivity index (χ1) is 5.75. The van der Waals surface area contributed by atoms with Crippen LogP contribution < -0.4 is 10.9 Å². The third kappa shape index (κ3) is 1.73. The summed E-state index contributed by atoms with van der Waals surface area (Å²) < 4.78 is 0. The maximum absolute atomic E-state index is 11.1. The number of phenols is 1. The second-order valence-electron chi connectivity index (χ2n) is 2.22. The van der Waals surface area contributed by atoms with Gasteiger partial charge in [-0.1, -0.05) is 12.1 Å². The first-order valence-corrected chi connectivity index (χ1v) is 3.51. The summed E-state index contributed by atoms with van der Waals surface area (Å²) >= 11 is 0. The first kappa shape index (κ1) is 8.55. The van der Waals surface area contributed by atoms with Gasteiger partial charge in [0.15, 0.2) is 0 Å². The molecule has 0 radical (unpaired) electrons. The molecule has 12 heavy (non-hydrogen) atoms. The fraction of sp³-hybridized carbons (Fsp3) is 0.125. The van der Waals surface area contributed by atoms with E-state index in [2.05, 4.69) is 10.9 Å². The average molecular weight is 166 g/mol. The van der Waals surface area contributed by atoms with Crippen molar-refractivity contribution in [2.24, 2.45) is 0 Å². The summed E-state index contributed by atoms with van der Waals surface area (Å²) in [5, 5.41) is 9.22. The number of hydrogen-bond acceptors (Lipinski definition) is 3. The van der Waals surface area contributed by atoms with Gasteiger partial charge in [-0.3, -0.25) is 10.2 Å². The summed E-state index contributed by atoms with van der Waals surface area (Å²) in [7, 11) is 1.58. The number of rotatable bonds is 2. The van der Waals surface area contributed by atoms with Crippen molar-refractivity contribution in [1.29, 1.82) is 0 Å². The van der Waals surface area contributed by atoms with Crippen LogP contribution in [0.1, 0.15) is 10.4 Å². The van der Waals surface area contributed by atoms with Gasteiger partial charge in [0, 0.05) is 7.05 Å². The van der Waals surface area contributed by atoms with Crippen LogP contribution in [0.4, 0.5) is 0 Å². The number of aromatic hydroxyl groups is 1. The first-order valence-electron chi connectivity index (χ1n) is 3.51. The van der Waals surface area contributed by atoms with Crippen molar-refractivity contribution in [3.63, 3.8) is 0 Å². The predicted molar refractivity (Wildman–Crippen MR) is 44.6 cm³/mol. The lowest BCUT2D eigenvalue weighted by Crippen LogP contribution is -2.34. The number of para-hydroxylation sites is 1. The van der Waals surface area contributed by atoms with E-state index in [1.54, 1.807) is 25.2 Å². The molecule has 0 aromatic heterocycles. The molecule has 4 heteroatoms. The number of carbonyl (C=O) groups is 1. The molecule has 3 N–H and O–H groups in total. The molecule has 1 amide bonds. The van der Waals surface area contributed by atoms with Gasteiger partial charge in [0.25, 0.3) is 5.91 Å². The van der Waals surface area contributed by atoms with Crippen LogP contribution in [0.5, 0.6) is 5.75 Å². The van der Waals surface area contributed by atoms with E-state index in [4.69, 9.17) is 0 Å². The molecule has 0 fully saturated rings. The second kappa shape index (κ2) is 3.73. The summed E-state index contributed by atoms with van der Waals surface area (Å²) in [6.07, 6.45) is 0. The molecule has 0 heterocycles. The minimum Gasteiger partial charge on any atom is -0.507 e. The molecule has 0 saturated heterocycles. The maximum atomic E-state index is 11.1. The summed E-state index contributed by atoms with van der Waals surface area (Å²) in [5.74, 6) is -0.374. The van der Waals surface area contributed by atoms with Gasteiger partial charge in [0.1, 0.15) is 5.75 Å². The van der Waals surface area contributed by atoms with Gasteiger partial charge in [-0.25, -0.2) is 5.43 Å². The number of carbonyl (C=O) groups excluding carboxylic acids is 1. The summed E-state index contributed by atoms with van der Waals surface area (Å²) in [6, 6.07) is 6.35. The molecule has 0 bridgehead atoms. The van der Waals surface area contributed by atoms with Gasteiger partial charge >= 0.3 is 0 Å². The molecule has 0 aliphatic heterocycles. The van der Waals surface area contributed by atoms with E-state index in [1.807, 2.05) is 0 Å². The van der Waals surface area contributed by atoms with Gasteiger partial charge in [-0.15, -0.1) is 0 Å². The van der Waals surface area contributed by atoms with Gasteiger partial charge in [-0.2, -0.15) is 0 Å². The third-order valence-corrected chi connectivity index (χ3v) is 1.39. The highest BCUT2D eigenvalue weighted by atomic mass is 16.3. The van der Waals surface area contributed by atoms with E-state index < -0.39 is 0 Å². The van der Waals surface area contributed by atoms with Gasteiger partial charge < -0.3 is 5.11 Å². The summed E-state index contributed by atoms with van der Waals surface area (Å²) in [4.78, 5) is 11.1. The number of phenolic OH excluding ortho intramolecular Hbond substituents is 1. The zero-order valence-electron chi connectivity index (χ0n) is 6.66. The van der Waals surface area contributed by atoms with E-state index in [0.29, 0.717) is 0 Å². The molecule has 64 valence electrons. The van der Waals surface area contributed by atoms with Crippen LogP contribution in [-0.2, 0) is 0 Å². The van der Waals surface area contributed by atoms with Crippen LogP contribution in [0, 0.1) is 0 Å². The molecule has 0 unspecified atom stereocenters. The molecule has 0 spiro atoms. The van der Waals surface area contributed by atoms with Crippen LogP contribution in [0.2, 0.25) is 0 Å². The Morgan fingerprint density at radius 2 is 2.08 bits per heavy atom. The van der Waals surface area contributed by atoms with E-state index in [9.17, 15) is 9.90 Å². The Kier molecular flexibility index (Phi) is 2.66. The average Bonchev–Trinajstić information content (AvgIpc) is 2.05. The molecule has 0 aliphatic rings. The van der Waals surface area contributed by atoms with Crippen molar-refractivity contribution in [2.45, 2.75) is 0 Å². The molecule has 1 rings (SSSR count). The number of benzene rings is 1. The molecule has 1 aromatic carbocycles. The third-order valence-electron chi connectivity index (χ3n) is 1.39. The van der Waals surface area contributed by atoms with Crippen LogP contribution in [0.25, 0.3) is 0 Å². The fourth-order valence-electron chi connectivity index (χ4n) is 0.847. The Morgan fingerprint density at radius 3 is 2.67 bits per heavy atom. The Bertz CT molecular complexity index is 286. The van der Waals surface area contributed by atoms with Gasteiger partial charge in [-0.05, 0) is 12.1 Å². The van der Waals surface area contributed by atoms with Crippen LogP contribution >= 0.6 is 0 Å². The Morgan fingerprint density at radius 1 is 1.42 bits per heavy atom. The van der Waals surface area contributed by atoms with Crippen LogP contribution in [-0.4, -0.2) is 18.1 Å². The maximum Gasteiger partial charge on any atom is 0.269 e. The summed E-state index contributed by atoms with van der Waals surface area (Å²) in [5.41, 5.74) is 5.09. The predicted octanol–water partition coefficient (Wildman–Crippen LogP) is 0.256. The van der Waals surface area contributed by atoms with E-state index in [1.165, 1.54) is 6.07 Å². The lowest BCUT2D eigenvalue weighted by atomic mass is 10.2. The molecule has 0 saturated carbocycles. The van der Waals surface area contributed by atoms with E-state index in [0.717, 1.165) is 0 Å². The molecule has 4 nitrogen and oxygen atoms in total. The number of hydrogen-bond donors (Lipinski definition) is 3. The summed E-state index contributed by atoms with van der Waals surface area (Å²) in [6.45, 7) is 0. The fourth-order valence-corrected chi connectivity index (χ4v) is 0.847. The smallest absolute Gasteiger partial charge is 0.269 e. The minimum absolute atomic E-state index is 0.0229. The highest BCUT2D eigenvalue weighted by Crippen LogP contribution is 2.14.